The van der Waals surface area contributed by atoms with E-state index in [-0.39, 0.29) is 0 Å². The predicted octanol–water partition coefficient (Wildman–Crippen LogP) is 3.09. The third-order valence-corrected chi connectivity index (χ3v) is 4.00. The summed E-state index contributed by atoms with van der Waals surface area (Å²) in [6.45, 7) is 5.56. The predicted molar refractivity (Wildman–Crippen MR) is 82.3 cm³/mol. The van der Waals surface area contributed by atoms with Crippen LogP contribution in [0.4, 0.5) is 0 Å². The van der Waals surface area contributed by atoms with Crippen molar-refractivity contribution in [3.05, 3.63) is 29.8 Å². The molecule has 1 aromatic rings. The van der Waals surface area contributed by atoms with Crippen LogP contribution in [0.3, 0.4) is 0 Å². The molecule has 1 atom stereocenters. The molecule has 0 fully saturated rings. The molecular formula is C15H26N2S. The average Bonchev–Trinajstić information content (AvgIpc) is 2.39. The molecule has 18 heavy (non-hydrogen) atoms. The molecule has 0 spiro atoms. The number of nitrogens with zero attached hydrogens (tertiary/aromatic N) is 1. The summed E-state index contributed by atoms with van der Waals surface area (Å²) in [6, 6.07) is 8.89. The zero-order valence-electron chi connectivity index (χ0n) is 12.1. The van der Waals surface area contributed by atoms with Crippen LogP contribution in [-0.4, -0.2) is 38.3 Å². The Morgan fingerprint density at radius 3 is 2.44 bits per heavy atom. The monoisotopic (exact) mass is 266 g/mol. The van der Waals surface area contributed by atoms with Crippen molar-refractivity contribution in [1.29, 1.82) is 0 Å². The molecule has 1 N–H and O–H groups in total. The largest absolute Gasteiger partial charge is 0.319 e. The highest BCUT2D eigenvalue weighted by Crippen LogP contribution is 2.16. The van der Waals surface area contributed by atoms with Gasteiger partial charge in [-0.2, -0.15) is 0 Å². The van der Waals surface area contributed by atoms with E-state index < -0.39 is 0 Å². The van der Waals surface area contributed by atoms with Gasteiger partial charge in [0.15, 0.2) is 0 Å². The van der Waals surface area contributed by atoms with E-state index in [0.29, 0.717) is 0 Å². The zero-order valence-corrected chi connectivity index (χ0v) is 12.9. The van der Waals surface area contributed by atoms with E-state index >= 15 is 0 Å². The molecule has 0 saturated heterocycles. The molecule has 1 unspecified atom stereocenters. The first-order valence-corrected chi connectivity index (χ1v) is 7.88. The fraction of sp³-hybridized carbons (Fsp3) is 0.600. The Bertz CT molecular complexity index is 324. The highest BCUT2D eigenvalue weighted by molar-refractivity contribution is 7.98. The minimum absolute atomic E-state index is 0.741. The number of nitrogens with one attached hydrogen (secondary N) is 1. The highest BCUT2D eigenvalue weighted by Gasteiger charge is 2.09. The third-order valence-electron chi connectivity index (χ3n) is 3.25. The van der Waals surface area contributed by atoms with Gasteiger partial charge in [-0.25, -0.2) is 0 Å². The Labute approximate surface area is 116 Å². The Morgan fingerprint density at radius 1 is 1.28 bits per heavy atom. The maximum atomic E-state index is 3.27. The molecule has 0 heterocycles. The van der Waals surface area contributed by atoms with Gasteiger partial charge >= 0.3 is 0 Å². The standard InChI is InChI=1S/C15H26N2S/c1-5-13(10-16-2)11-17(3)12-14-6-8-15(18-4)9-7-14/h6-9,13,16H,5,10-12H2,1-4H3. The molecule has 0 bridgehead atoms. The fourth-order valence-corrected chi connectivity index (χ4v) is 2.58. The van der Waals surface area contributed by atoms with Gasteiger partial charge in [-0.1, -0.05) is 25.5 Å². The summed E-state index contributed by atoms with van der Waals surface area (Å²) in [5, 5.41) is 3.27. The fourth-order valence-electron chi connectivity index (χ4n) is 2.17. The number of hydrogen-bond acceptors (Lipinski definition) is 3. The van der Waals surface area contributed by atoms with Crippen molar-refractivity contribution < 1.29 is 0 Å². The van der Waals surface area contributed by atoms with E-state index in [1.165, 1.54) is 16.9 Å². The summed E-state index contributed by atoms with van der Waals surface area (Å²) >= 11 is 1.80. The SMILES string of the molecule is CCC(CNC)CN(C)Cc1ccc(SC)cc1. The van der Waals surface area contributed by atoms with Gasteiger partial charge in [-0.3, -0.25) is 0 Å². The summed E-state index contributed by atoms with van der Waals surface area (Å²) in [6.07, 6.45) is 3.35. The maximum absolute atomic E-state index is 3.27. The van der Waals surface area contributed by atoms with E-state index in [0.717, 1.165) is 25.6 Å². The Kier molecular flexibility index (Phi) is 7.40. The molecule has 0 aromatic heterocycles. The Balaban J connectivity index is 2.44. The van der Waals surface area contributed by atoms with Crippen LogP contribution in [0.1, 0.15) is 18.9 Å². The molecule has 3 heteroatoms. The van der Waals surface area contributed by atoms with Crippen molar-refractivity contribution in [3.8, 4) is 0 Å². The molecule has 0 aliphatic heterocycles. The van der Waals surface area contributed by atoms with Gasteiger partial charge in [0, 0.05) is 18.0 Å². The molecule has 1 rings (SSSR count). The van der Waals surface area contributed by atoms with Crippen molar-refractivity contribution >= 4 is 11.8 Å². The van der Waals surface area contributed by atoms with Gasteiger partial charge in [-0.15, -0.1) is 11.8 Å². The molecular weight excluding hydrogens is 240 g/mol. The quantitative estimate of drug-likeness (QED) is 0.728. The number of thioether (sulfide) groups is 1. The third kappa shape index (κ3) is 5.42. The molecule has 0 radical (unpaired) electrons. The second kappa shape index (κ2) is 8.57. The molecule has 0 aliphatic rings. The molecule has 2 nitrogen and oxygen atoms in total. The second-order valence-corrected chi connectivity index (χ2v) is 5.76. The van der Waals surface area contributed by atoms with Crippen LogP contribution >= 0.6 is 11.8 Å². The smallest absolute Gasteiger partial charge is 0.0230 e. The van der Waals surface area contributed by atoms with Crippen LogP contribution in [0.5, 0.6) is 0 Å². The summed E-state index contributed by atoms with van der Waals surface area (Å²) in [5.74, 6) is 0.741. The lowest BCUT2D eigenvalue weighted by atomic mass is 10.1. The van der Waals surface area contributed by atoms with Crippen molar-refractivity contribution in [3.63, 3.8) is 0 Å². The van der Waals surface area contributed by atoms with Gasteiger partial charge < -0.3 is 10.2 Å². The van der Waals surface area contributed by atoms with E-state index in [9.17, 15) is 0 Å². The summed E-state index contributed by atoms with van der Waals surface area (Å²) in [4.78, 5) is 3.75. The van der Waals surface area contributed by atoms with Crippen LogP contribution in [0, 0.1) is 5.92 Å². The van der Waals surface area contributed by atoms with Crippen molar-refractivity contribution in [1.82, 2.24) is 10.2 Å². The maximum Gasteiger partial charge on any atom is 0.0230 e. The second-order valence-electron chi connectivity index (χ2n) is 4.88. The van der Waals surface area contributed by atoms with Crippen LogP contribution < -0.4 is 5.32 Å². The average molecular weight is 266 g/mol. The van der Waals surface area contributed by atoms with Crippen LogP contribution in [-0.2, 0) is 6.54 Å². The number of hydrogen-bond donors (Lipinski definition) is 1. The number of rotatable bonds is 8. The van der Waals surface area contributed by atoms with Crippen molar-refractivity contribution in [2.45, 2.75) is 24.8 Å². The molecule has 102 valence electrons. The normalized spacial score (nSPS) is 12.9. The number of benzene rings is 1. The van der Waals surface area contributed by atoms with Crippen LogP contribution in [0.15, 0.2) is 29.2 Å². The topological polar surface area (TPSA) is 15.3 Å². The van der Waals surface area contributed by atoms with Gasteiger partial charge in [-0.05, 0) is 50.5 Å². The van der Waals surface area contributed by atoms with E-state index in [4.69, 9.17) is 0 Å². The molecule has 1 aromatic carbocycles. The zero-order chi connectivity index (χ0) is 13.4. The lowest BCUT2D eigenvalue weighted by molar-refractivity contribution is 0.261. The van der Waals surface area contributed by atoms with Gasteiger partial charge in [0.1, 0.15) is 0 Å². The molecule has 0 saturated carbocycles. The van der Waals surface area contributed by atoms with Crippen molar-refractivity contribution in [2.24, 2.45) is 5.92 Å². The summed E-state index contributed by atoms with van der Waals surface area (Å²) < 4.78 is 0. The first-order valence-electron chi connectivity index (χ1n) is 6.65. The van der Waals surface area contributed by atoms with E-state index in [2.05, 4.69) is 54.7 Å². The minimum atomic E-state index is 0.741. The lowest BCUT2D eigenvalue weighted by Gasteiger charge is -2.23. The van der Waals surface area contributed by atoms with E-state index in [1.54, 1.807) is 11.8 Å². The Morgan fingerprint density at radius 2 is 1.94 bits per heavy atom. The Hall–Kier alpha value is -0.510. The lowest BCUT2D eigenvalue weighted by Crippen LogP contribution is -2.30. The summed E-state index contributed by atoms with van der Waals surface area (Å²) in [7, 11) is 4.24. The van der Waals surface area contributed by atoms with Crippen molar-refractivity contribution in [2.75, 3.05) is 33.4 Å². The van der Waals surface area contributed by atoms with E-state index in [1.807, 2.05) is 7.05 Å². The van der Waals surface area contributed by atoms with Crippen LogP contribution in [0.25, 0.3) is 0 Å². The molecule has 0 aliphatic carbocycles. The van der Waals surface area contributed by atoms with Gasteiger partial charge in [0.25, 0.3) is 0 Å². The first-order chi connectivity index (χ1) is 8.69. The minimum Gasteiger partial charge on any atom is -0.319 e. The first kappa shape index (κ1) is 15.5. The van der Waals surface area contributed by atoms with Gasteiger partial charge in [0.05, 0.1) is 0 Å². The van der Waals surface area contributed by atoms with Crippen LogP contribution in [0.2, 0.25) is 0 Å². The highest BCUT2D eigenvalue weighted by atomic mass is 32.2. The van der Waals surface area contributed by atoms with Gasteiger partial charge in [0.2, 0.25) is 0 Å². The summed E-state index contributed by atoms with van der Waals surface area (Å²) in [5.41, 5.74) is 1.40. The molecule has 0 amide bonds.